The fourth-order valence-electron chi connectivity index (χ4n) is 1.96. The van der Waals surface area contributed by atoms with Crippen molar-refractivity contribution in [2.45, 2.75) is 13.0 Å². The summed E-state index contributed by atoms with van der Waals surface area (Å²) >= 11 is 0. The summed E-state index contributed by atoms with van der Waals surface area (Å²) in [6.07, 6.45) is 3.57. The first-order valence-electron chi connectivity index (χ1n) is 6.78. The van der Waals surface area contributed by atoms with Gasteiger partial charge in [-0.2, -0.15) is 5.10 Å². The van der Waals surface area contributed by atoms with E-state index < -0.39 is 0 Å². The second kappa shape index (κ2) is 6.90. The van der Waals surface area contributed by atoms with Crippen LogP contribution in [0, 0.1) is 0 Å². The summed E-state index contributed by atoms with van der Waals surface area (Å²) < 4.78 is 6.54. The summed E-state index contributed by atoms with van der Waals surface area (Å²) in [6, 6.07) is 7.19. The molecule has 1 aromatic carbocycles. The van der Waals surface area contributed by atoms with Gasteiger partial charge in [0.05, 0.1) is 12.8 Å². The number of aromatic nitrogens is 2. The lowest BCUT2D eigenvalue weighted by Gasteiger charge is -2.12. The molecule has 1 aromatic heterocycles. The molecule has 0 bridgehead atoms. The molecule has 0 spiro atoms. The third kappa shape index (κ3) is 3.82. The van der Waals surface area contributed by atoms with Gasteiger partial charge >= 0.3 is 0 Å². The Labute approximate surface area is 123 Å². The number of nitrogen functional groups attached to an aromatic ring is 1. The number of nitrogens with zero attached hydrogens (tertiary/aromatic N) is 2. The van der Waals surface area contributed by atoms with Crippen molar-refractivity contribution in [1.82, 2.24) is 15.1 Å². The Kier molecular flexibility index (Phi) is 4.94. The predicted octanol–water partition coefficient (Wildman–Crippen LogP) is 1.46. The maximum Gasteiger partial charge on any atom is 0.244 e. The number of benzene rings is 1. The summed E-state index contributed by atoms with van der Waals surface area (Å²) in [5.74, 6) is -0.0886. The van der Waals surface area contributed by atoms with Crippen LogP contribution >= 0.6 is 0 Å². The van der Waals surface area contributed by atoms with Crippen molar-refractivity contribution < 1.29 is 9.53 Å². The number of hydrogen-bond donors (Lipinski definition) is 2. The van der Waals surface area contributed by atoms with E-state index >= 15 is 0 Å². The number of nitrogens with one attached hydrogen (secondary N) is 1. The molecule has 1 unspecified atom stereocenters. The zero-order valence-corrected chi connectivity index (χ0v) is 12.2. The molecule has 0 radical (unpaired) electrons. The second-order valence-electron chi connectivity index (χ2n) is 4.79. The van der Waals surface area contributed by atoms with E-state index in [1.54, 1.807) is 24.9 Å². The van der Waals surface area contributed by atoms with Gasteiger partial charge in [0, 0.05) is 31.1 Å². The van der Waals surface area contributed by atoms with E-state index in [4.69, 9.17) is 10.5 Å². The van der Waals surface area contributed by atoms with E-state index in [1.165, 1.54) is 0 Å². The Morgan fingerprint density at radius 3 is 3.00 bits per heavy atom. The molecule has 112 valence electrons. The SMILES string of the molecule is COCCNC(=O)C(C)n1cc(-c2cccc(N)c2)cn1. The van der Waals surface area contributed by atoms with Crippen LogP contribution in [0.1, 0.15) is 13.0 Å². The van der Waals surface area contributed by atoms with Crippen LogP contribution in [0.3, 0.4) is 0 Å². The van der Waals surface area contributed by atoms with Crippen molar-refractivity contribution in [2.75, 3.05) is 26.0 Å². The number of rotatable bonds is 6. The quantitative estimate of drug-likeness (QED) is 0.622. The first-order valence-corrected chi connectivity index (χ1v) is 6.78. The minimum absolute atomic E-state index is 0.0886. The van der Waals surface area contributed by atoms with E-state index in [2.05, 4.69) is 10.4 Å². The smallest absolute Gasteiger partial charge is 0.244 e. The van der Waals surface area contributed by atoms with E-state index in [0.29, 0.717) is 18.8 Å². The van der Waals surface area contributed by atoms with E-state index in [9.17, 15) is 4.79 Å². The highest BCUT2D eigenvalue weighted by Gasteiger charge is 2.15. The number of amides is 1. The number of methoxy groups -OCH3 is 1. The fraction of sp³-hybridized carbons (Fsp3) is 0.333. The van der Waals surface area contributed by atoms with Crippen molar-refractivity contribution >= 4 is 11.6 Å². The van der Waals surface area contributed by atoms with Gasteiger partial charge in [0.25, 0.3) is 0 Å². The Hall–Kier alpha value is -2.34. The molecular formula is C15H20N4O2. The molecule has 6 nitrogen and oxygen atoms in total. The van der Waals surface area contributed by atoms with Gasteiger partial charge in [-0.3, -0.25) is 9.48 Å². The maximum absolute atomic E-state index is 12.0. The first kappa shape index (κ1) is 15.1. The Morgan fingerprint density at radius 2 is 2.29 bits per heavy atom. The van der Waals surface area contributed by atoms with E-state index in [1.807, 2.05) is 30.5 Å². The van der Waals surface area contributed by atoms with E-state index in [-0.39, 0.29) is 11.9 Å². The standard InChI is InChI=1S/C15H20N4O2/c1-11(15(20)17-6-7-21-2)19-10-13(9-18-19)12-4-3-5-14(16)8-12/h3-5,8-11H,6-7,16H2,1-2H3,(H,17,20). The van der Waals surface area contributed by atoms with Crippen LogP contribution in [0.4, 0.5) is 5.69 Å². The monoisotopic (exact) mass is 288 g/mol. The summed E-state index contributed by atoms with van der Waals surface area (Å²) in [5.41, 5.74) is 8.38. The normalized spacial score (nSPS) is 12.1. The van der Waals surface area contributed by atoms with Crippen molar-refractivity contribution in [2.24, 2.45) is 0 Å². The summed E-state index contributed by atoms with van der Waals surface area (Å²) in [5, 5.41) is 7.05. The van der Waals surface area contributed by atoms with Crippen LogP contribution in [0.15, 0.2) is 36.7 Å². The molecule has 0 aliphatic heterocycles. The van der Waals surface area contributed by atoms with Gasteiger partial charge in [-0.15, -0.1) is 0 Å². The van der Waals surface area contributed by atoms with Gasteiger partial charge < -0.3 is 15.8 Å². The molecule has 2 rings (SSSR count). The molecule has 0 saturated heterocycles. The number of carbonyl (C=O) groups excluding carboxylic acids is 1. The van der Waals surface area contributed by atoms with Crippen LogP contribution in [0.25, 0.3) is 11.1 Å². The molecule has 21 heavy (non-hydrogen) atoms. The topological polar surface area (TPSA) is 82.2 Å². The lowest BCUT2D eigenvalue weighted by molar-refractivity contribution is -0.124. The molecule has 1 atom stereocenters. The Morgan fingerprint density at radius 1 is 1.48 bits per heavy atom. The van der Waals surface area contributed by atoms with Gasteiger partial charge in [0.15, 0.2) is 0 Å². The van der Waals surface area contributed by atoms with E-state index in [0.717, 1.165) is 11.1 Å². The maximum atomic E-state index is 12.0. The van der Waals surface area contributed by atoms with Gasteiger partial charge in [0.1, 0.15) is 6.04 Å². The summed E-state index contributed by atoms with van der Waals surface area (Å²) in [4.78, 5) is 12.0. The number of carbonyl (C=O) groups is 1. The highest BCUT2D eigenvalue weighted by molar-refractivity contribution is 5.80. The third-order valence-electron chi connectivity index (χ3n) is 3.20. The fourth-order valence-corrected chi connectivity index (χ4v) is 1.96. The predicted molar refractivity (Wildman–Crippen MR) is 81.7 cm³/mol. The minimum atomic E-state index is -0.378. The lowest BCUT2D eigenvalue weighted by Crippen LogP contribution is -2.33. The van der Waals surface area contributed by atoms with Crippen LogP contribution < -0.4 is 11.1 Å². The number of anilines is 1. The molecular weight excluding hydrogens is 268 g/mol. The van der Waals surface area contributed by atoms with Crippen LogP contribution in [0.5, 0.6) is 0 Å². The van der Waals surface area contributed by atoms with Crippen LogP contribution in [0.2, 0.25) is 0 Å². The zero-order valence-electron chi connectivity index (χ0n) is 12.2. The largest absolute Gasteiger partial charge is 0.399 e. The van der Waals surface area contributed by atoms with Crippen molar-refractivity contribution in [3.8, 4) is 11.1 Å². The molecule has 1 amide bonds. The van der Waals surface area contributed by atoms with Gasteiger partial charge in [0.2, 0.25) is 5.91 Å². The first-order chi connectivity index (χ1) is 10.1. The van der Waals surface area contributed by atoms with Crippen LogP contribution in [-0.2, 0) is 9.53 Å². The average molecular weight is 288 g/mol. The van der Waals surface area contributed by atoms with Gasteiger partial charge in [-0.05, 0) is 24.6 Å². The summed E-state index contributed by atoms with van der Waals surface area (Å²) in [7, 11) is 1.60. The average Bonchev–Trinajstić information content (AvgIpc) is 2.96. The molecule has 0 fully saturated rings. The minimum Gasteiger partial charge on any atom is -0.399 e. The van der Waals surface area contributed by atoms with Crippen LogP contribution in [-0.4, -0.2) is 35.9 Å². The number of ether oxygens (including phenoxy) is 1. The van der Waals surface area contributed by atoms with Crippen molar-refractivity contribution in [3.05, 3.63) is 36.7 Å². The van der Waals surface area contributed by atoms with Gasteiger partial charge in [-0.1, -0.05) is 12.1 Å². The van der Waals surface area contributed by atoms with Crippen molar-refractivity contribution in [3.63, 3.8) is 0 Å². The summed E-state index contributed by atoms with van der Waals surface area (Å²) in [6.45, 7) is 2.79. The van der Waals surface area contributed by atoms with Gasteiger partial charge in [-0.25, -0.2) is 0 Å². The van der Waals surface area contributed by atoms with Crippen molar-refractivity contribution in [1.29, 1.82) is 0 Å². The molecule has 1 heterocycles. The lowest BCUT2D eigenvalue weighted by atomic mass is 10.1. The number of nitrogens with two attached hydrogens (primary N) is 1. The second-order valence-corrected chi connectivity index (χ2v) is 4.79. The third-order valence-corrected chi connectivity index (χ3v) is 3.20. The molecule has 2 aromatic rings. The zero-order chi connectivity index (χ0) is 15.2. The Bertz CT molecular complexity index is 609. The molecule has 6 heteroatoms. The Balaban J connectivity index is 2.07. The highest BCUT2D eigenvalue weighted by atomic mass is 16.5. The molecule has 0 saturated carbocycles. The highest BCUT2D eigenvalue weighted by Crippen LogP contribution is 2.21. The molecule has 0 aliphatic carbocycles. The molecule has 0 aliphatic rings. The number of hydrogen-bond acceptors (Lipinski definition) is 4. The molecule has 3 N–H and O–H groups in total.